The Labute approximate surface area is 123 Å². The van der Waals surface area contributed by atoms with Gasteiger partial charge in [-0.2, -0.15) is 0 Å². The lowest BCUT2D eigenvalue weighted by atomic mass is 10.1. The van der Waals surface area contributed by atoms with Crippen LogP contribution >= 0.6 is 0 Å². The molecule has 0 saturated carbocycles. The number of hydrogen-bond acceptors (Lipinski definition) is 6. The summed E-state index contributed by atoms with van der Waals surface area (Å²) in [6, 6.07) is 4.56. The van der Waals surface area contributed by atoms with Crippen molar-refractivity contribution in [2.24, 2.45) is 0 Å². The Morgan fingerprint density at radius 3 is 2.67 bits per heavy atom. The quantitative estimate of drug-likeness (QED) is 0.666. The number of anilines is 1. The third-order valence-corrected chi connectivity index (χ3v) is 5.29. The normalized spacial score (nSPS) is 19.8. The van der Waals surface area contributed by atoms with Gasteiger partial charge in [-0.3, -0.25) is 10.1 Å². The molecule has 0 bridgehead atoms. The summed E-state index contributed by atoms with van der Waals surface area (Å²) in [5, 5.41) is 20.8. The van der Waals surface area contributed by atoms with Crippen molar-refractivity contribution in [1.82, 2.24) is 0 Å². The number of nitrogens with zero attached hydrogens (tertiary/aromatic N) is 2. The van der Waals surface area contributed by atoms with Crippen LogP contribution < -0.4 is 4.90 Å². The minimum atomic E-state index is -3.07. The summed E-state index contributed by atoms with van der Waals surface area (Å²) in [4.78, 5) is 12.5. The predicted octanol–water partition coefficient (Wildman–Crippen LogP) is 1.27. The van der Waals surface area contributed by atoms with Crippen LogP contribution in [0, 0.1) is 10.1 Å². The zero-order valence-corrected chi connectivity index (χ0v) is 12.5. The van der Waals surface area contributed by atoms with E-state index in [9.17, 15) is 23.6 Å². The van der Waals surface area contributed by atoms with Gasteiger partial charge < -0.3 is 10.0 Å². The van der Waals surface area contributed by atoms with Crippen LogP contribution in [0.1, 0.15) is 25.0 Å². The van der Waals surface area contributed by atoms with E-state index < -0.39 is 20.9 Å². The van der Waals surface area contributed by atoms with Gasteiger partial charge in [-0.05, 0) is 25.0 Å². The van der Waals surface area contributed by atoms with Crippen molar-refractivity contribution >= 4 is 21.2 Å². The van der Waals surface area contributed by atoms with Gasteiger partial charge in [0.05, 0.1) is 22.5 Å². The van der Waals surface area contributed by atoms with E-state index in [1.165, 1.54) is 13.0 Å². The second-order valence-corrected chi connectivity index (χ2v) is 7.48. The van der Waals surface area contributed by atoms with Gasteiger partial charge in [-0.25, -0.2) is 8.42 Å². The van der Waals surface area contributed by atoms with E-state index in [1.54, 1.807) is 17.0 Å². The van der Waals surface area contributed by atoms with Crippen molar-refractivity contribution in [1.29, 1.82) is 0 Å². The minimum absolute atomic E-state index is 0.00229. The molecule has 0 amide bonds. The molecule has 1 aromatic carbocycles. The predicted molar refractivity (Wildman–Crippen MR) is 79.2 cm³/mol. The highest BCUT2D eigenvalue weighted by Crippen LogP contribution is 2.32. The number of sulfone groups is 1. The molecule has 1 N–H and O–H groups in total. The molecule has 0 aromatic heterocycles. The Hall–Kier alpha value is -1.67. The first kappa shape index (κ1) is 15.7. The molecule has 1 fully saturated rings. The molecule has 21 heavy (non-hydrogen) atoms. The lowest BCUT2D eigenvalue weighted by molar-refractivity contribution is -0.384. The van der Waals surface area contributed by atoms with Gasteiger partial charge in [-0.1, -0.05) is 6.07 Å². The van der Waals surface area contributed by atoms with Gasteiger partial charge in [0.25, 0.3) is 5.69 Å². The monoisotopic (exact) mass is 314 g/mol. The van der Waals surface area contributed by atoms with Gasteiger partial charge in [0, 0.05) is 19.2 Å². The lowest BCUT2D eigenvalue weighted by Gasteiger charge is -2.22. The van der Waals surface area contributed by atoms with Crippen molar-refractivity contribution in [3.8, 4) is 0 Å². The van der Waals surface area contributed by atoms with Crippen LogP contribution in [0.15, 0.2) is 18.2 Å². The Kier molecular flexibility index (Phi) is 4.48. The minimum Gasteiger partial charge on any atom is -0.389 e. The first-order valence-electron chi connectivity index (χ1n) is 6.72. The Balaban J connectivity index is 2.36. The SMILES string of the molecule is C[C@H](O)c1ccc(N2CCCS(=O)(=O)CC2)c([N+](=O)[O-])c1. The van der Waals surface area contributed by atoms with Crippen molar-refractivity contribution in [2.75, 3.05) is 29.5 Å². The second kappa shape index (κ2) is 5.98. The van der Waals surface area contributed by atoms with Crippen molar-refractivity contribution in [2.45, 2.75) is 19.4 Å². The molecular formula is C13H18N2O5S. The van der Waals surface area contributed by atoms with E-state index >= 15 is 0 Å². The van der Waals surface area contributed by atoms with Crippen molar-refractivity contribution < 1.29 is 18.4 Å². The third-order valence-electron chi connectivity index (χ3n) is 3.57. The van der Waals surface area contributed by atoms with Crippen molar-refractivity contribution in [3.05, 3.63) is 33.9 Å². The van der Waals surface area contributed by atoms with Gasteiger partial charge in [-0.15, -0.1) is 0 Å². The Morgan fingerprint density at radius 1 is 1.33 bits per heavy atom. The van der Waals surface area contributed by atoms with Gasteiger partial charge in [0.2, 0.25) is 0 Å². The van der Waals surface area contributed by atoms with Crippen LogP contribution in [0.3, 0.4) is 0 Å². The molecule has 1 saturated heterocycles. The standard InChI is InChI=1S/C13H18N2O5S/c1-10(16)11-3-4-12(13(9-11)15(17)18)14-5-2-7-21(19,20)8-6-14/h3-4,9-10,16H,2,5-8H2,1H3/t10-/m0/s1. The number of nitro groups is 1. The number of aliphatic hydroxyl groups excluding tert-OH is 1. The highest BCUT2D eigenvalue weighted by atomic mass is 32.2. The van der Waals surface area contributed by atoms with Crippen molar-refractivity contribution in [3.63, 3.8) is 0 Å². The summed E-state index contributed by atoms with van der Waals surface area (Å²) in [7, 11) is -3.07. The van der Waals surface area contributed by atoms with Crippen LogP contribution in [0.2, 0.25) is 0 Å². The first-order valence-corrected chi connectivity index (χ1v) is 8.54. The van der Waals surface area contributed by atoms with Gasteiger partial charge in [0.15, 0.2) is 9.84 Å². The number of benzene rings is 1. The average molecular weight is 314 g/mol. The maximum atomic E-state index is 11.6. The molecule has 1 aromatic rings. The van der Waals surface area contributed by atoms with Gasteiger partial charge >= 0.3 is 0 Å². The zero-order valence-electron chi connectivity index (χ0n) is 11.7. The van der Waals surface area contributed by atoms with E-state index in [0.717, 1.165) is 0 Å². The smallest absolute Gasteiger partial charge is 0.292 e. The molecule has 1 aliphatic rings. The van der Waals surface area contributed by atoms with E-state index in [0.29, 0.717) is 24.2 Å². The molecule has 1 aliphatic heterocycles. The molecule has 1 atom stereocenters. The average Bonchev–Trinajstić information content (AvgIpc) is 2.59. The van der Waals surface area contributed by atoms with E-state index in [-0.39, 0.29) is 23.7 Å². The van der Waals surface area contributed by atoms with Crippen LogP contribution in [0.25, 0.3) is 0 Å². The summed E-state index contributed by atoms with van der Waals surface area (Å²) in [6.45, 7) is 2.25. The first-order chi connectivity index (χ1) is 9.80. The van der Waals surface area contributed by atoms with Crippen LogP contribution in [0.5, 0.6) is 0 Å². The van der Waals surface area contributed by atoms with Crippen LogP contribution in [0.4, 0.5) is 11.4 Å². The van der Waals surface area contributed by atoms with Crippen LogP contribution in [-0.4, -0.2) is 43.0 Å². The van der Waals surface area contributed by atoms with Gasteiger partial charge in [0.1, 0.15) is 5.69 Å². The van der Waals surface area contributed by atoms with E-state index in [4.69, 9.17) is 0 Å². The highest BCUT2D eigenvalue weighted by molar-refractivity contribution is 7.91. The maximum absolute atomic E-state index is 11.6. The maximum Gasteiger partial charge on any atom is 0.292 e. The topological polar surface area (TPSA) is 101 Å². The van der Waals surface area contributed by atoms with Crippen LogP contribution in [-0.2, 0) is 9.84 Å². The molecule has 7 nitrogen and oxygen atoms in total. The highest BCUT2D eigenvalue weighted by Gasteiger charge is 2.25. The molecular weight excluding hydrogens is 296 g/mol. The number of aliphatic hydroxyl groups is 1. The summed E-state index contributed by atoms with van der Waals surface area (Å²) < 4.78 is 23.2. The molecule has 0 spiro atoms. The summed E-state index contributed by atoms with van der Waals surface area (Å²) in [6.07, 6.45) is -0.334. The summed E-state index contributed by atoms with van der Waals surface area (Å²) >= 11 is 0. The number of nitro benzene ring substituents is 1. The molecule has 8 heteroatoms. The molecule has 116 valence electrons. The van der Waals surface area contributed by atoms with E-state index in [1.807, 2.05) is 0 Å². The fourth-order valence-electron chi connectivity index (χ4n) is 2.39. The molecule has 2 rings (SSSR count). The third kappa shape index (κ3) is 3.70. The molecule has 0 unspecified atom stereocenters. The van der Waals surface area contributed by atoms with E-state index in [2.05, 4.69) is 0 Å². The Bertz CT molecular complexity index is 642. The summed E-state index contributed by atoms with van der Waals surface area (Å²) in [5.74, 6) is 0.116. The number of rotatable bonds is 3. The zero-order chi connectivity index (χ0) is 15.6. The molecule has 0 aliphatic carbocycles. The largest absolute Gasteiger partial charge is 0.389 e. The number of hydrogen-bond donors (Lipinski definition) is 1. The molecule has 0 radical (unpaired) electrons. The Morgan fingerprint density at radius 2 is 2.05 bits per heavy atom. The fraction of sp³-hybridized carbons (Fsp3) is 0.538. The second-order valence-electron chi connectivity index (χ2n) is 5.17. The summed E-state index contributed by atoms with van der Waals surface area (Å²) in [5.41, 5.74) is 0.766. The lowest BCUT2D eigenvalue weighted by Crippen LogP contribution is -2.27. The fourth-order valence-corrected chi connectivity index (χ4v) is 3.66. The molecule has 1 heterocycles.